The monoisotopic (exact) mass is 402 g/mol. The Balaban J connectivity index is 1.93. The van der Waals surface area contributed by atoms with E-state index in [1.165, 1.54) is 18.7 Å². The molecule has 0 aliphatic heterocycles. The molecule has 1 N–H and O–H groups in total. The van der Waals surface area contributed by atoms with Crippen LogP contribution in [0, 0.1) is 4.77 Å². The highest BCUT2D eigenvalue weighted by molar-refractivity contribution is 7.71. The van der Waals surface area contributed by atoms with Gasteiger partial charge in [-0.25, -0.2) is 5.10 Å². The highest BCUT2D eigenvalue weighted by Gasteiger charge is 2.09. The average molecular weight is 403 g/mol. The quantitative estimate of drug-likeness (QED) is 0.301. The number of benzene rings is 2. The number of ether oxygens (including phenoxy) is 2. The van der Waals surface area contributed by atoms with Crippen LogP contribution in [0.3, 0.4) is 0 Å². The van der Waals surface area contributed by atoms with E-state index in [9.17, 15) is 4.79 Å². The van der Waals surface area contributed by atoms with E-state index in [-0.39, 0.29) is 0 Å². The van der Waals surface area contributed by atoms with Crippen molar-refractivity contribution in [2.75, 3.05) is 7.11 Å². The van der Waals surface area contributed by atoms with Crippen LogP contribution in [-0.4, -0.2) is 34.2 Å². The number of halogens is 1. The first-order chi connectivity index (χ1) is 13.0. The van der Waals surface area contributed by atoms with Gasteiger partial charge in [0.05, 0.1) is 13.3 Å². The second kappa shape index (κ2) is 8.15. The molecule has 0 unspecified atom stereocenters. The number of methoxy groups -OCH3 is 1. The van der Waals surface area contributed by atoms with Crippen LogP contribution in [0.1, 0.15) is 12.5 Å². The number of aromatic nitrogens is 3. The van der Waals surface area contributed by atoms with E-state index in [1.54, 1.807) is 36.5 Å². The minimum absolute atomic E-state index is 0.337. The summed E-state index contributed by atoms with van der Waals surface area (Å²) in [5, 5.41) is 12.0. The lowest BCUT2D eigenvalue weighted by Gasteiger charge is -2.08. The molecule has 0 bridgehead atoms. The predicted molar refractivity (Wildman–Crippen MR) is 105 cm³/mol. The molecule has 3 rings (SSSR count). The smallest absolute Gasteiger partial charge is 0.308 e. The Hall–Kier alpha value is -2.97. The highest BCUT2D eigenvalue weighted by atomic mass is 35.5. The zero-order valence-electron chi connectivity index (χ0n) is 14.5. The first-order valence-corrected chi connectivity index (χ1v) is 8.60. The largest absolute Gasteiger partial charge is 0.493 e. The number of rotatable bonds is 5. The third kappa shape index (κ3) is 4.42. The van der Waals surface area contributed by atoms with Gasteiger partial charge in [0, 0.05) is 17.5 Å². The van der Waals surface area contributed by atoms with Crippen LogP contribution in [0.25, 0.3) is 11.4 Å². The number of carbonyl (C=O) groups excluding carboxylic acids is 1. The van der Waals surface area contributed by atoms with Crippen LogP contribution in [0.4, 0.5) is 0 Å². The topological polar surface area (TPSA) is 81.5 Å². The first-order valence-electron chi connectivity index (χ1n) is 7.82. The molecule has 7 nitrogen and oxygen atoms in total. The molecule has 0 spiro atoms. The van der Waals surface area contributed by atoms with Crippen molar-refractivity contribution >= 4 is 36.0 Å². The molecule has 0 fully saturated rings. The van der Waals surface area contributed by atoms with Crippen molar-refractivity contribution in [3.05, 3.63) is 57.8 Å². The molecule has 2 aromatic carbocycles. The van der Waals surface area contributed by atoms with Gasteiger partial charge in [0.25, 0.3) is 0 Å². The summed E-state index contributed by atoms with van der Waals surface area (Å²) in [5.74, 6) is 0.884. The van der Waals surface area contributed by atoms with Crippen LogP contribution in [0.2, 0.25) is 5.02 Å². The van der Waals surface area contributed by atoms with E-state index in [0.29, 0.717) is 27.1 Å². The van der Waals surface area contributed by atoms with Gasteiger partial charge in [0.15, 0.2) is 17.3 Å². The molecular weight excluding hydrogens is 388 g/mol. The summed E-state index contributed by atoms with van der Waals surface area (Å²) in [5.41, 5.74) is 1.54. The van der Waals surface area contributed by atoms with Crippen molar-refractivity contribution in [1.29, 1.82) is 0 Å². The lowest BCUT2D eigenvalue weighted by atomic mass is 10.2. The second-order valence-corrected chi connectivity index (χ2v) is 6.24. The second-order valence-electron chi connectivity index (χ2n) is 5.42. The number of H-pyrrole nitrogens is 1. The number of hydrogen-bond acceptors (Lipinski definition) is 6. The fraction of sp³-hybridized carbons (Fsp3) is 0.111. The Morgan fingerprint density at radius 3 is 2.67 bits per heavy atom. The van der Waals surface area contributed by atoms with E-state index < -0.39 is 5.97 Å². The lowest BCUT2D eigenvalue weighted by Crippen LogP contribution is -2.03. The molecule has 27 heavy (non-hydrogen) atoms. The Kier molecular flexibility index (Phi) is 5.68. The van der Waals surface area contributed by atoms with Gasteiger partial charge in [-0.3, -0.25) is 4.79 Å². The molecule has 1 aromatic heterocycles. The van der Waals surface area contributed by atoms with E-state index in [0.717, 1.165) is 11.1 Å². The van der Waals surface area contributed by atoms with E-state index in [2.05, 4.69) is 15.3 Å². The molecule has 138 valence electrons. The number of nitrogens with one attached hydrogen (secondary N) is 1. The molecule has 0 radical (unpaired) electrons. The predicted octanol–water partition coefficient (Wildman–Crippen LogP) is 4.08. The van der Waals surface area contributed by atoms with Gasteiger partial charge in [-0.15, -0.1) is 0 Å². The van der Waals surface area contributed by atoms with Gasteiger partial charge in [-0.05, 0) is 60.2 Å². The average Bonchev–Trinajstić information content (AvgIpc) is 3.01. The van der Waals surface area contributed by atoms with Crippen LogP contribution in [-0.2, 0) is 4.79 Å². The van der Waals surface area contributed by atoms with Gasteiger partial charge >= 0.3 is 5.97 Å². The molecule has 0 atom stereocenters. The Morgan fingerprint density at radius 1 is 1.26 bits per heavy atom. The van der Waals surface area contributed by atoms with Gasteiger partial charge in [-0.1, -0.05) is 11.6 Å². The van der Waals surface area contributed by atoms with Crippen LogP contribution in [0.15, 0.2) is 47.6 Å². The fourth-order valence-corrected chi connectivity index (χ4v) is 2.62. The molecule has 3 aromatic rings. The maximum atomic E-state index is 11.1. The van der Waals surface area contributed by atoms with Crippen LogP contribution in [0.5, 0.6) is 11.5 Å². The molecule has 9 heteroatoms. The Labute approximate surface area is 165 Å². The summed E-state index contributed by atoms with van der Waals surface area (Å²) in [6.45, 7) is 1.33. The van der Waals surface area contributed by atoms with Crippen molar-refractivity contribution in [2.45, 2.75) is 6.92 Å². The lowest BCUT2D eigenvalue weighted by molar-refractivity contribution is -0.132. The number of aromatic amines is 1. The van der Waals surface area contributed by atoms with E-state index in [1.807, 2.05) is 12.1 Å². The molecule has 0 amide bonds. The van der Waals surface area contributed by atoms with Gasteiger partial charge < -0.3 is 9.47 Å². The van der Waals surface area contributed by atoms with Crippen LogP contribution >= 0.6 is 23.8 Å². The molecule has 0 saturated heterocycles. The minimum atomic E-state index is -0.424. The summed E-state index contributed by atoms with van der Waals surface area (Å²) in [6.07, 6.45) is 1.60. The maximum Gasteiger partial charge on any atom is 0.308 e. The summed E-state index contributed by atoms with van der Waals surface area (Å²) in [4.78, 5) is 11.1. The summed E-state index contributed by atoms with van der Waals surface area (Å²) in [7, 11) is 1.49. The zero-order valence-corrected chi connectivity index (χ0v) is 16.0. The van der Waals surface area contributed by atoms with Crippen LogP contribution < -0.4 is 9.47 Å². The van der Waals surface area contributed by atoms with Gasteiger partial charge in [0.2, 0.25) is 4.77 Å². The van der Waals surface area contributed by atoms with Gasteiger partial charge in [0.1, 0.15) is 0 Å². The minimum Gasteiger partial charge on any atom is -0.493 e. The molecule has 0 aliphatic carbocycles. The first kappa shape index (κ1) is 18.8. The van der Waals surface area contributed by atoms with Crippen molar-refractivity contribution in [2.24, 2.45) is 5.10 Å². The van der Waals surface area contributed by atoms with Crippen molar-refractivity contribution in [1.82, 2.24) is 14.9 Å². The summed E-state index contributed by atoms with van der Waals surface area (Å²) < 4.78 is 12.2. The normalized spacial score (nSPS) is 10.9. The van der Waals surface area contributed by atoms with E-state index in [4.69, 9.17) is 33.3 Å². The standard InChI is InChI=1S/C18H15ClN4O3S/c1-11(24)26-15-8-3-12(9-16(15)25-2)10-20-23-17(21-22-18(23)27)13-4-6-14(19)7-5-13/h3-10H,1-2H3,(H,22,27). The number of esters is 1. The fourth-order valence-electron chi connectivity index (χ4n) is 2.31. The zero-order chi connectivity index (χ0) is 19.4. The maximum absolute atomic E-state index is 11.1. The number of hydrogen-bond donors (Lipinski definition) is 1. The SMILES string of the molecule is COc1cc(C=Nn2c(-c3ccc(Cl)cc3)n[nH]c2=S)ccc1OC(C)=O. The highest BCUT2D eigenvalue weighted by Crippen LogP contribution is 2.28. The molecule has 1 heterocycles. The van der Waals surface area contributed by atoms with Crippen molar-refractivity contribution in [3.63, 3.8) is 0 Å². The van der Waals surface area contributed by atoms with E-state index >= 15 is 0 Å². The summed E-state index contributed by atoms with van der Waals surface area (Å²) >= 11 is 11.2. The molecule has 0 aliphatic rings. The number of nitrogens with zero attached hydrogens (tertiary/aromatic N) is 3. The third-order valence-electron chi connectivity index (χ3n) is 3.52. The molecule has 0 saturated carbocycles. The van der Waals surface area contributed by atoms with Gasteiger partial charge in [-0.2, -0.15) is 14.9 Å². The van der Waals surface area contributed by atoms with Crippen molar-refractivity contribution < 1.29 is 14.3 Å². The summed E-state index contributed by atoms with van der Waals surface area (Å²) in [6, 6.07) is 12.3. The molecular formula is C18H15ClN4O3S. The number of carbonyl (C=O) groups is 1. The van der Waals surface area contributed by atoms with Crippen molar-refractivity contribution in [3.8, 4) is 22.9 Å². The third-order valence-corrected chi connectivity index (χ3v) is 4.03. The Morgan fingerprint density at radius 2 is 2.00 bits per heavy atom. The Bertz CT molecular complexity index is 1060.